The van der Waals surface area contributed by atoms with Crippen LogP contribution in [0.1, 0.15) is 29.7 Å². The molecule has 1 atom stereocenters. The van der Waals surface area contributed by atoms with Crippen LogP contribution in [0.3, 0.4) is 0 Å². The highest BCUT2D eigenvalue weighted by Crippen LogP contribution is 2.37. The molecule has 0 unspecified atom stereocenters. The maximum Gasteiger partial charge on any atom is 0.161 e. The van der Waals surface area contributed by atoms with E-state index in [4.69, 9.17) is 9.47 Å². The van der Waals surface area contributed by atoms with Gasteiger partial charge in [0.1, 0.15) is 0 Å². The number of rotatable bonds is 4. The van der Waals surface area contributed by atoms with Crippen molar-refractivity contribution in [3.05, 3.63) is 58.7 Å². The number of nitrogens with one attached hydrogen (secondary N) is 1. The van der Waals surface area contributed by atoms with Gasteiger partial charge >= 0.3 is 0 Å². The van der Waals surface area contributed by atoms with Crippen LogP contribution in [0.5, 0.6) is 11.5 Å². The molecule has 5 heteroatoms. The molecule has 0 fully saturated rings. The Bertz CT molecular complexity index is 718. The Morgan fingerprint density at radius 1 is 1.13 bits per heavy atom. The van der Waals surface area contributed by atoms with Crippen molar-refractivity contribution < 1.29 is 18.3 Å². The Morgan fingerprint density at radius 2 is 1.96 bits per heavy atom. The molecule has 0 radical (unpaired) electrons. The van der Waals surface area contributed by atoms with Crippen LogP contribution < -0.4 is 14.8 Å². The van der Waals surface area contributed by atoms with Crippen LogP contribution in [-0.4, -0.2) is 20.3 Å². The smallest absolute Gasteiger partial charge is 0.161 e. The normalized spacial score (nSPS) is 16.8. The molecule has 1 aliphatic rings. The van der Waals surface area contributed by atoms with Gasteiger partial charge in [-0.15, -0.1) is 0 Å². The van der Waals surface area contributed by atoms with E-state index in [1.54, 1.807) is 13.2 Å². The quantitative estimate of drug-likeness (QED) is 0.934. The van der Waals surface area contributed by atoms with E-state index in [-0.39, 0.29) is 6.04 Å². The van der Waals surface area contributed by atoms with E-state index < -0.39 is 11.6 Å². The van der Waals surface area contributed by atoms with E-state index in [1.807, 2.05) is 19.1 Å². The highest BCUT2D eigenvalue weighted by atomic mass is 19.2. The molecule has 3 rings (SSSR count). The summed E-state index contributed by atoms with van der Waals surface area (Å²) in [5, 5.41) is 3.36. The van der Waals surface area contributed by atoms with Gasteiger partial charge in [0.15, 0.2) is 23.1 Å². The molecule has 0 saturated carbocycles. The van der Waals surface area contributed by atoms with Crippen molar-refractivity contribution in [1.82, 2.24) is 5.32 Å². The van der Waals surface area contributed by atoms with E-state index in [2.05, 4.69) is 5.32 Å². The first-order chi connectivity index (χ1) is 11.1. The minimum atomic E-state index is -0.839. The highest BCUT2D eigenvalue weighted by Gasteiger charge is 2.24. The topological polar surface area (TPSA) is 30.5 Å². The van der Waals surface area contributed by atoms with Crippen LogP contribution in [0.4, 0.5) is 8.78 Å². The fraction of sp³-hybridized carbons (Fsp3) is 0.333. The van der Waals surface area contributed by atoms with Gasteiger partial charge in [-0.1, -0.05) is 6.07 Å². The molecule has 1 N–H and O–H groups in total. The number of fused-ring (bicyclic) bond motifs is 1. The molecule has 2 aromatic carbocycles. The highest BCUT2D eigenvalue weighted by molar-refractivity contribution is 5.51. The number of methoxy groups -OCH3 is 1. The number of hydrogen-bond acceptors (Lipinski definition) is 3. The SMILES string of the molecule is CCOc1cc2c(cc1OC)[C@H](c1ccc(F)c(F)c1)NCC2. The molecule has 0 saturated heterocycles. The largest absolute Gasteiger partial charge is 0.493 e. The third-order valence-electron chi connectivity index (χ3n) is 4.06. The second kappa shape index (κ2) is 6.54. The number of halogens is 2. The van der Waals surface area contributed by atoms with Gasteiger partial charge in [0.05, 0.1) is 19.8 Å². The lowest BCUT2D eigenvalue weighted by Crippen LogP contribution is -2.30. The number of benzene rings is 2. The first kappa shape index (κ1) is 15.7. The molecule has 0 bridgehead atoms. The van der Waals surface area contributed by atoms with Gasteiger partial charge in [0.25, 0.3) is 0 Å². The molecule has 0 amide bonds. The number of ether oxygens (including phenoxy) is 2. The standard InChI is InChI=1S/C18H19F2NO2/c1-3-23-17-9-11-6-7-21-18(13(11)10-16(17)22-2)12-4-5-14(19)15(20)8-12/h4-5,8-10,18,21H,3,6-7H2,1-2H3/t18-/m0/s1. The summed E-state index contributed by atoms with van der Waals surface area (Å²) in [5.74, 6) is -0.329. The summed E-state index contributed by atoms with van der Waals surface area (Å²) in [6.07, 6.45) is 0.847. The summed E-state index contributed by atoms with van der Waals surface area (Å²) >= 11 is 0. The van der Waals surface area contributed by atoms with Gasteiger partial charge < -0.3 is 14.8 Å². The third-order valence-corrected chi connectivity index (χ3v) is 4.06. The van der Waals surface area contributed by atoms with Crippen molar-refractivity contribution in [3.63, 3.8) is 0 Å². The predicted octanol–water partition coefficient (Wildman–Crippen LogP) is 3.61. The summed E-state index contributed by atoms with van der Waals surface area (Å²) < 4.78 is 37.8. The van der Waals surface area contributed by atoms with Crippen molar-refractivity contribution >= 4 is 0 Å². The van der Waals surface area contributed by atoms with Crippen LogP contribution in [-0.2, 0) is 6.42 Å². The fourth-order valence-corrected chi connectivity index (χ4v) is 2.98. The summed E-state index contributed by atoms with van der Waals surface area (Å²) in [6, 6.07) is 7.70. The monoisotopic (exact) mass is 319 g/mol. The van der Waals surface area contributed by atoms with Crippen LogP contribution in [0.2, 0.25) is 0 Å². The van der Waals surface area contributed by atoms with Crippen molar-refractivity contribution in [2.75, 3.05) is 20.3 Å². The van der Waals surface area contributed by atoms with Crippen molar-refractivity contribution in [2.24, 2.45) is 0 Å². The lowest BCUT2D eigenvalue weighted by molar-refractivity contribution is 0.309. The lowest BCUT2D eigenvalue weighted by Gasteiger charge is -2.28. The van der Waals surface area contributed by atoms with Crippen LogP contribution in [0.15, 0.2) is 30.3 Å². The second-order valence-corrected chi connectivity index (χ2v) is 5.45. The molecule has 1 heterocycles. The summed E-state index contributed by atoms with van der Waals surface area (Å²) in [7, 11) is 1.59. The average Bonchev–Trinajstić information content (AvgIpc) is 2.56. The zero-order chi connectivity index (χ0) is 16.4. The molecule has 0 aromatic heterocycles. The zero-order valence-electron chi connectivity index (χ0n) is 13.2. The van der Waals surface area contributed by atoms with Gasteiger partial charge in [-0.3, -0.25) is 0 Å². The van der Waals surface area contributed by atoms with Crippen molar-refractivity contribution in [2.45, 2.75) is 19.4 Å². The van der Waals surface area contributed by atoms with E-state index in [9.17, 15) is 8.78 Å². The van der Waals surface area contributed by atoms with E-state index in [1.165, 1.54) is 6.07 Å². The van der Waals surface area contributed by atoms with Gasteiger partial charge in [-0.05, 0) is 54.3 Å². The molecule has 23 heavy (non-hydrogen) atoms. The Morgan fingerprint density at radius 3 is 2.65 bits per heavy atom. The molecule has 1 aliphatic heterocycles. The van der Waals surface area contributed by atoms with E-state index in [0.717, 1.165) is 30.2 Å². The van der Waals surface area contributed by atoms with Crippen molar-refractivity contribution in [3.8, 4) is 11.5 Å². The molecule has 0 aliphatic carbocycles. The molecule has 0 spiro atoms. The summed E-state index contributed by atoms with van der Waals surface area (Å²) in [4.78, 5) is 0. The van der Waals surface area contributed by atoms with E-state index in [0.29, 0.717) is 23.7 Å². The molecule has 2 aromatic rings. The Hall–Kier alpha value is -2.14. The van der Waals surface area contributed by atoms with Crippen molar-refractivity contribution in [1.29, 1.82) is 0 Å². The van der Waals surface area contributed by atoms with Crippen LogP contribution in [0.25, 0.3) is 0 Å². The average molecular weight is 319 g/mol. The Kier molecular flexibility index (Phi) is 4.48. The lowest BCUT2D eigenvalue weighted by atomic mass is 9.89. The zero-order valence-corrected chi connectivity index (χ0v) is 13.2. The molecule has 3 nitrogen and oxygen atoms in total. The van der Waals surface area contributed by atoms with Gasteiger partial charge in [-0.25, -0.2) is 8.78 Å². The first-order valence-corrected chi connectivity index (χ1v) is 7.66. The predicted molar refractivity (Wildman–Crippen MR) is 84.1 cm³/mol. The molecular weight excluding hydrogens is 300 g/mol. The van der Waals surface area contributed by atoms with Gasteiger partial charge in [-0.2, -0.15) is 0 Å². The molecule has 122 valence electrons. The molecular formula is C18H19F2NO2. The van der Waals surface area contributed by atoms with Crippen LogP contribution in [0, 0.1) is 11.6 Å². The maximum atomic E-state index is 13.6. The van der Waals surface area contributed by atoms with Gasteiger partial charge in [0.2, 0.25) is 0 Å². The maximum absolute atomic E-state index is 13.6. The van der Waals surface area contributed by atoms with Crippen LogP contribution >= 0.6 is 0 Å². The summed E-state index contributed by atoms with van der Waals surface area (Å²) in [6.45, 7) is 3.24. The Labute approximate surface area is 134 Å². The minimum Gasteiger partial charge on any atom is -0.493 e. The van der Waals surface area contributed by atoms with E-state index >= 15 is 0 Å². The Balaban J connectivity index is 2.05. The first-order valence-electron chi connectivity index (χ1n) is 7.66. The second-order valence-electron chi connectivity index (χ2n) is 5.45. The fourth-order valence-electron chi connectivity index (χ4n) is 2.98. The summed E-state index contributed by atoms with van der Waals surface area (Å²) in [5.41, 5.74) is 2.82. The minimum absolute atomic E-state index is 0.196. The van der Waals surface area contributed by atoms with Gasteiger partial charge in [0, 0.05) is 6.54 Å². The third kappa shape index (κ3) is 3.01. The number of hydrogen-bond donors (Lipinski definition) is 1.